The largest absolute Gasteiger partial charge is 0.399 e. The van der Waals surface area contributed by atoms with E-state index in [0.717, 1.165) is 12.1 Å². The third-order valence-electron chi connectivity index (χ3n) is 4.09. The molecule has 0 saturated carbocycles. The Labute approximate surface area is 112 Å². The summed E-state index contributed by atoms with van der Waals surface area (Å²) in [5.74, 6) is 0. The molecule has 19 heavy (non-hydrogen) atoms. The van der Waals surface area contributed by atoms with Gasteiger partial charge < -0.3 is 5.73 Å². The van der Waals surface area contributed by atoms with Crippen LogP contribution in [0.25, 0.3) is 32.3 Å². The zero-order chi connectivity index (χ0) is 13.0. The second kappa shape index (κ2) is 3.61. The van der Waals surface area contributed by atoms with Crippen LogP contribution in [-0.4, -0.2) is 0 Å². The van der Waals surface area contributed by atoms with Gasteiger partial charge in [-0.15, -0.1) is 0 Å². The van der Waals surface area contributed by atoms with Crippen LogP contribution in [0, 0.1) is 0 Å². The minimum atomic E-state index is 0.835. The first-order valence-electron chi connectivity index (χ1n) is 6.74. The fraction of sp³-hybridized carbons (Fsp3) is 0.111. The second-order valence-electron chi connectivity index (χ2n) is 5.20. The Morgan fingerprint density at radius 3 is 2.16 bits per heavy atom. The maximum atomic E-state index is 5.99. The van der Waals surface area contributed by atoms with Gasteiger partial charge >= 0.3 is 0 Å². The molecule has 0 fully saturated rings. The van der Waals surface area contributed by atoms with Gasteiger partial charge in [-0.3, -0.25) is 0 Å². The number of anilines is 1. The molecule has 0 amide bonds. The van der Waals surface area contributed by atoms with E-state index in [1.807, 2.05) is 0 Å². The average molecular weight is 245 g/mol. The van der Waals surface area contributed by atoms with E-state index in [-0.39, 0.29) is 0 Å². The Morgan fingerprint density at radius 1 is 0.789 bits per heavy atom. The van der Waals surface area contributed by atoms with Crippen LogP contribution in [0.1, 0.15) is 12.5 Å². The van der Waals surface area contributed by atoms with Crippen molar-refractivity contribution in [1.82, 2.24) is 0 Å². The summed E-state index contributed by atoms with van der Waals surface area (Å²) < 4.78 is 0. The summed E-state index contributed by atoms with van der Waals surface area (Å²) in [5.41, 5.74) is 8.24. The molecule has 0 aliphatic heterocycles. The molecule has 0 bridgehead atoms. The lowest BCUT2D eigenvalue weighted by atomic mass is 9.91. The number of rotatable bonds is 1. The Kier molecular flexibility index (Phi) is 2.02. The number of nitrogens with two attached hydrogens (primary N) is 1. The molecule has 1 heteroatoms. The second-order valence-corrected chi connectivity index (χ2v) is 5.20. The van der Waals surface area contributed by atoms with E-state index in [4.69, 9.17) is 5.73 Å². The quantitative estimate of drug-likeness (QED) is 0.381. The van der Waals surface area contributed by atoms with Gasteiger partial charge in [-0.05, 0) is 56.4 Å². The predicted octanol–water partition coefficient (Wildman–Crippen LogP) is 4.73. The van der Waals surface area contributed by atoms with Crippen molar-refractivity contribution in [2.24, 2.45) is 0 Å². The Balaban J connectivity index is 2.36. The highest BCUT2D eigenvalue weighted by atomic mass is 14.5. The summed E-state index contributed by atoms with van der Waals surface area (Å²) in [6.45, 7) is 2.21. The third kappa shape index (κ3) is 1.36. The summed E-state index contributed by atoms with van der Waals surface area (Å²) in [6, 6.07) is 17.4. The van der Waals surface area contributed by atoms with Gasteiger partial charge in [-0.25, -0.2) is 0 Å². The first-order chi connectivity index (χ1) is 9.28. The molecular formula is C18H15N. The molecule has 4 rings (SSSR count). The van der Waals surface area contributed by atoms with Crippen molar-refractivity contribution in [1.29, 1.82) is 0 Å². The molecule has 0 aliphatic carbocycles. The summed E-state index contributed by atoms with van der Waals surface area (Å²) in [7, 11) is 0. The third-order valence-corrected chi connectivity index (χ3v) is 4.09. The van der Waals surface area contributed by atoms with Crippen molar-refractivity contribution >= 4 is 38.0 Å². The molecule has 0 heterocycles. The van der Waals surface area contributed by atoms with Crippen molar-refractivity contribution in [2.75, 3.05) is 5.73 Å². The van der Waals surface area contributed by atoms with Gasteiger partial charge in [0.15, 0.2) is 0 Å². The summed E-state index contributed by atoms with van der Waals surface area (Å²) in [5, 5.41) is 7.90. The van der Waals surface area contributed by atoms with Crippen LogP contribution >= 0.6 is 0 Å². The van der Waals surface area contributed by atoms with Gasteiger partial charge in [-0.1, -0.05) is 43.3 Å². The fourth-order valence-corrected chi connectivity index (χ4v) is 3.21. The molecule has 0 saturated heterocycles. The summed E-state index contributed by atoms with van der Waals surface area (Å²) in [6.07, 6.45) is 1.07. The lowest BCUT2D eigenvalue weighted by Crippen LogP contribution is -1.90. The van der Waals surface area contributed by atoms with Crippen LogP contribution in [0.4, 0.5) is 5.69 Å². The minimum absolute atomic E-state index is 0.835. The first-order valence-corrected chi connectivity index (χ1v) is 6.74. The van der Waals surface area contributed by atoms with Gasteiger partial charge in [0.1, 0.15) is 0 Å². The topological polar surface area (TPSA) is 26.0 Å². The van der Waals surface area contributed by atoms with E-state index in [2.05, 4.69) is 55.5 Å². The normalized spacial score (nSPS) is 11.8. The van der Waals surface area contributed by atoms with Crippen LogP contribution in [-0.2, 0) is 6.42 Å². The van der Waals surface area contributed by atoms with E-state index >= 15 is 0 Å². The monoisotopic (exact) mass is 245 g/mol. The fourth-order valence-electron chi connectivity index (χ4n) is 3.21. The molecule has 4 aromatic carbocycles. The van der Waals surface area contributed by atoms with Crippen LogP contribution < -0.4 is 5.73 Å². The van der Waals surface area contributed by atoms with Gasteiger partial charge in [0, 0.05) is 5.69 Å². The number of benzene rings is 4. The maximum absolute atomic E-state index is 5.99. The van der Waals surface area contributed by atoms with Crippen molar-refractivity contribution < 1.29 is 0 Å². The van der Waals surface area contributed by atoms with E-state index in [0.29, 0.717) is 0 Å². The lowest BCUT2D eigenvalue weighted by Gasteiger charge is -2.13. The predicted molar refractivity (Wildman–Crippen MR) is 83.9 cm³/mol. The summed E-state index contributed by atoms with van der Waals surface area (Å²) >= 11 is 0. The Hall–Kier alpha value is -2.28. The molecule has 0 radical (unpaired) electrons. The van der Waals surface area contributed by atoms with Crippen LogP contribution in [0.15, 0.2) is 48.5 Å². The standard InChI is InChI=1S/C18H15N/c1-2-11-3-4-12-5-6-13-9-15(19)10-14-7-8-16(11)18(12)17(13)14/h3-10H,2,19H2,1H3. The van der Waals surface area contributed by atoms with Crippen LogP contribution in [0.2, 0.25) is 0 Å². The molecule has 0 aliphatic rings. The molecular weight excluding hydrogens is 230 g/mol. The Morgan fingerprint density at radius 2 is 1.42 bits per heavy atom. The van der Waals surface area contributed by atoms with E-state index in [1.165, 1.54) is 37.9 Å². The summed E-state index contributed by atoms with van der Waals surface area (Å²) in [4.78, 5) is 0. The highest BCUT2D eigenvalue weighted by Gasteiger charge is 2.10. The number of hydrogen-bond donors (Lipinski definition) is 1. The Bertz CT molecular complexity index is 887. The lowest BCUT2D eigenvalue weighted by molar-refractivity contribution is 1.16. The number of hydrogen-bond acceptors (Lipinski definition) is 1. The van der Waals surface area contributed by atoms with Gasteiger partial charge in [0.25, 0.3) is 0 Å². The molecule has 0 unspecified atom stereocenters. The zero-order valence-corrected chi connectivity index (χ0v) is 10.9. The average Bonchev–Trinajstić information content (AvgIpc) is 2.43. The molecule has 2 N–H and O–H groups in total. The van der Waals surface area contributed by atoms with E-state index < -0.39 is 0 Å². The smallest absolute Gasteiger partial charge is 0.0326 e. The highest BCUT2D eigenvalue weighted by Crippen LogP contribution is 2.37. The van der Waals surface area contributed by atoms with E-state index in [1.54, 1.807) is 0 Å². The van der Waals surface area contributed by atoms with Crippen molar-refractivity contribution in [2.45, 2.75) is 13.3 Å². The molecule has 1 nitrogen and oxygen atoms in total. The minimum Gasteiger partial charge on any atom is -0.399 e. The van der Waals surface area contributed by atoms with Crippen molar-refractivity contribution in [3.05, 3.63) is 54.1 Å². The molecule has 92 valence electrons. The molecule has 4 aromatic rings. The van der Waals surface area contributed by atoms with Crippen molar-refractivity contribution in [3.63, 3.8) is 0 Å². The first kappa shape index (κ1) is 10.6. The van der Waals surface area contributed by atoms with Gasteiger partial charge in [0.05, 0.1) is 0 Å². The van der Waals surface area contributed by atoms with Crippen LogP contribution in [0.5, 0.6) is 0 Å². The number of aryl methyl sites for hydroxylation is 1. The molecule has 0 aromatic heterocycles. The molecule has 0 spiro atoms. The zero-order valence-electron chi connectivity index (χ0n) is 10.9. The van der Waals surface area contributed by atoms with Crippen LogP contribution in [0.3, 0.4) is 0 Å². The number of nitrogen functional groups attached to an aromatic ring is 1. The maximum Gasteiger partial charge on any atom is 0.0326 e. The van der Waals surface area contributed by atoms with Crippen molar-refractivity contribution in [3.8, 4) is 0 Å². The van der Waals surface area contributed by atoms with E-state index in [9.17, 15) is 0 Å². The highest BCUT2D eigenvalue weighted by molar-refractivity contribution is 6.24. The molecule has 0 atom stereocenters. The SMILES string of the molecule is CCc1ccc2ccc3cc(N)cc4ccc1c2c34. The van der Waals surface area contributed by atoms with Gasteiger partial charge in [0.2, 0.25) is 0 Å². The van der Waals surface area contributed by atoms with Gasteiger partial charge in [-0.2, -0.15) is 0 Å².